The third kappa shape index (κ3) is 3.08. The van der Waals surface area contributed by atoms with Crippen LogP contribution in [-0.2, 0) is 0 Å². The van der Waals surface area contributed by atoms with Gasteiger partial charge in [-0.3, -0.25) is 0 Å². The first-order valence-corrected chi connectivity index (χ1v) is 6.60. The van der Waals surface area contributed by atoms with Gasteiger partial charge in [-0.2, -0.15) is 0 Å². The second-order valence-corrected chi connectivity index (χ2v) is 5.25. The van der Waals surface area contributed by atoms with E-state index in [4.69, 9.17) is 0 Å². The minimum Gasteiger partial charge on any atom is -0.508 e. The van der Waals surface area contributed by atoms with Crippen LogP contribution in [-0.4, -0.2) is 5.11 Å². The van der Waals surface area contributed by atoms with E-state index in [1.165, 1.54) is 11.1 Å². The van der Waals surface area contributed by atoms with Gasteiger partial charge >= 0.3 is 0 Å². The third-order valence-corrected chi connectivity index (χ3v) is 3.41. The number of aryl methyl sites for hydroxylation is 3. The highest BCUT2D eigenvalue weighted by Gasteiger charge is 2.11. The predicted octanol–water partition coefficient (Wildman–Crippen LogP) is 4.49. The first-order valence-electron chi connectivity index (χ1n) is 6.60. The van der Waals surface area contributed by atoms with Gasteiger partial charge in [-0.1, -0.05) is 29.8 Å². The number of hydrogen-bond acceptors (Lipinski definition) is 2. The van der Waals surface area contributed by atoms with Gasteiger partial charge in [0.1, 0.15) is 5.75 Å². The molecule has 1 unspecified atom stereocenters. The number of phenols is 1. The highest BCUT2D eigenvalue weighted by molar-refractivity contribution is 5.54. The van der Waals surface area contributed by atoms with Crippen molar-refractivity contribution in [2.45, 2.75) is 33.7 Å². The molecule has 2 N–H and O–H groups in total. The Morgan fingerprint density at radius 2 is 1.58 bits per heavy atom. The summed E-state index contributed by atoms with van der Waals surface area (Å²) in [7, 11) is 0. The topological polar surface area (TPSA) is 32.3 Å². The number of rotatable bonds is 3. The number of benzene rings is 2. The molecule has 0 aromatic heterocycles. The summed E-state index contributed by atoms with van der Waals surface area (Å²) in [4.78, 5) is 0. The van der Waals surface area contributed by atoms with Crippen LogP contribution < -0.4 is 5.32 Å². The normalized spacial score (nSPS) is 12.2. The van der Waals surface area contributed by atoms with Crippen LogP contribution in [0.1, 0.15) is 35.2 Å². The van der Waals surface area contributed by atoms with Crippen molar-refractivity contribution in [3.05, 3.63) is 58.7 Å². The lowest BCUT2D eigenvalue weighted by atomic mass is 10.0. The van der Waals surface area contributed by atoms with Crippen LogP contribution in [0.3, 0.4) is 0 Å². The van der Waals surface area contributed by atoms with Gasteiger partial charge in [0.15, 0.2) is 0 Å². The Morgan fingerprint density at radius 1 is 0.947 bits per heavy atom. The fourth-order valence-corrected chi connectivity index (χ4v) is 2.22. The Morgan fingerprint density at radius 3 is 2.32 bits per heavy atom. The van der Waals surface area contributed by atoms with Crippen LogP contribution in [0.25, 0.3) is 0 Å². The lowest BCUT2D eigenvalue weighted by Gasteiger charge is -2.19. The molecular weight excluding hydrogens is 234 g/mol. The Kier molecular flexibility index (Phi) is 3.79. The lowest BCUT2D eigenvalue weighted by molar-refractivity contribution is 0.465. The molecule has 0 aliphatic rings. The summed E-state index contributed by atoms with van der Waals surface area (Å²) in [5.74, 6) is 0.343. The van der Waals surface area contributed by atoms with E-state index >= 15 is 0 Å². The van der Waals surface area contributed by atoms with Gasteiger partial charge in [0.25, 0.3) is 0 Å². The van der Waals surface area contributed by atoms with Gasteiger partial charge in [-0.15, -0.1) is 0 Å². The Bertz CT molecular complexity index is 590. The second-order valence-electron chi connectivity index (χ2n) is 5.25. The van der Waals surface area contributed by atoms with Gasteiger partial charge in [0.2, 0.25) is 0 Å². The van der Waals surface area contributed by atoms with Crippen molar-refractivity contribution in [2.75, 3.05) is 5.32 Å². The first-order chi connectivity index (χ1) is 8.97. The van der Waals surface area contributed by atoms with Crippen LogP contribution in [0.4, 0.5) is 5.69 Å². The maximum atomic E-state index is 9.97. The molecule has 0 saturated heterocycles. The van der Waals surface area contributed by atoms with E-state index < -0.39 is 0 Å². The van der Waals surface area contributed by atoms with E-state index in [-0.39, 0.29) is 6.04 Å². The molecule has 0 radical (unpaired) electrons. The largest absolute Gasteiger partial charge is 0.508 e. The molecular formula is C17H21NO. The van der Waals surface area contributed by atoms with Crippen LogP contribution in [0.2, 0.25) is 0 Å². The molecule has 100 valence electrons. The average Bonchev–Trinajstić information content (AvgIpc) is 2.36. The van der Waals surface area contributed by atoms with Gasteiger partial charge in [-0.25, -0.2) is 0 Å². The van der Waals surface area contributed by atoms with E-state index in [1.807, 2.05) is 19.1 Å². The maximum absolute atomic E-state index is 9.97. The van der Waals surface area contributed by atoms with Gasteiger partial charge in [0, 0.05) is 11.3 Å². The number of hydrogen-bond donors (Lipinski definition) is 2. The fraction of sp³-hybridized carbons (Fsp3) is 0.294. The summed E-state index contributed by atoms with van der Waals surface area (Å²) in [6, 6.07) is 12.1. The maximum Gasteiger partial charge on any atom is 0.120 e. The van der Waals surface area contributed by atoms with Crippen molar-refractivity contribution in [3.8, 4) is 5.75 Å². The lowest BCUT2D eigenvalue weighted by Crippen LogP contribution is -2.08. The molecule has 1 atom stereocenters. The number of phenolic OH excluding ortho intramolecular Hbond substituents is 1. The standard InChI is InChI=1S/C17H21NO/c1-11-6-8-17(19)15(9-11)14(4)18-16-10-12(2)5-7-13(16)3/h5-10,14,18-19H,1-4H3. The molecule has 0 aliphatic carbocycles. The molecule has 0 heterocycles. The van der Waals surface area contributed by atoms with Gasteiger partial charge in [-0.05, 0) is 51.0 Å². The molecule has 2 heteroatoms. The monoisotopic (exact) mass is 255 g/mol. The van der Waals surface area contributed by atoms with Crippen LogP contribution in [0, 0.1) is 20.8 Å². The predicted molar refractivity (Wildman–Crippen MR) is 80.8 cm³/mol. The minimum absolute atomic E-state index is 0.0698. The Balaban J connectivity index is 2.27. The Hall–Kier alpha value is -1.96. The molecule has 2 nitrogen and oxygen atoms in total. The molecule has 0 bridgehead atoms. The number of nitrogens with one attached hydrogen (secondary N) is 1. The number of aromatic hydroxyl groups is 1. The van der Waals surface area contributed by atoms with Crippen molar-refractivity contribution < 1.29 is 5.11 Å². The molecule has 0 spiro atoms. The molecule has 0 amide bonds. The smallest absolute Gasteiger partial charge is 0.120 e. The van der Waals surface area contributed by atoms with E-state index in [2.05, 4.69) is 44.3 Å². The first kappa shape index (κ1) is 13.5. The highest BCUT2D eigenvalue weighted by atomic mass is 16.3. The molecule has 0 saturated carbocycles. The summed E-state index contributed by atoms with van der Waals surface area (Å²) >= 11 is 0. The SMILES string of the molecule is Cc1ccc(C)c(NC(C)c2cc(C)ccc2O)c1. The van der Waals surface area contributed by atoms with Crippen molar-refractivity contribution in [2.24, 2.45) is 0 Å². The van der Waals surface area contributed by atoms with E-state index in [1.54, 1.807) is 6.07 Å². The van der Waals surface area contributed by atoms with Gasteiger partial charge < -0.3 is 10.4 Å². The zero-order valence-corrected chi connectivity index (χ0v) is 12.0. The molecule has 0 fully saturated rings. The third-order valence-electron chi connectivity index (χ3n) is 3.41. The minimum atomic E-state index is 0.0698. The van der Waals surface area contributed by atoms with Crippen molar-refractivity contribution in [1.82, 2.24) is 0 Å². The summed E-state index contributed by atoms with van der Waals surface area (Å²) < 4.78 is 0. The van der Waals surface area contributed by atoms with E-state index in [0.717, 1.165) is 16.8 Å². The van der Waals surface area contributed by atoms with Crippen molar-refractivity contribution in [1.29, 1.82) is 0 Å². The van der Waals surface area contributed by atoms with Crippen LogP contribution in [0.5, 0.6) is 5.75 Å². The van der Waals surface area contributed by atoms with E-state index in [0.29, 0.717) is 5.75 Å². The summed E-state index contributed by atoms with van der Waals surface area (Å²) in [6.45, 7) is 8.27. The highest BCUT2D eigenvalue weighted by Crippen LogP contribution is 2.29. The van der Waals surface area contributed by atoms with Crippen molar-refractivity contribution >= 4 is 5.69 Å². The molecule has 2 rings (SSSR count). The molecule has 2 aromatic rings. The fourth-order valence-electron chi connectivity index (χ4n) is 2.22. The molecule has 2 aromatic carbocycles. The summed E-state index contributed by atoms with van der Waals surface area (Å²) in [5.41, 5.74) is 5.65. The second kappa shape index (κ2) is 5.35. The summed E-state index contributed by atoms with van der Waals surface area (Å²) in [6.07, 6.45) is 0. The zero-order valence-electron chi connectivity index (χ0n) is 12.0. The molecule has 19 heavy (non-hydrogen) atoms. The quantitative estimate of drug-likeness (QED) is 0.847. The average molecular weight is 255 g/mol. The Labute approximate surface area is 115 Å². The zero-order chi connectivity index (χ0) is 14.0. The van der Waals surface area contributed by atoms with Crippen molar-refractivity contribution in [3.63, 3.8) is 0 Å². The number of anilines is 1. The van der Waals surface area contributed by atoms with Crippen LogP contribution in [0.15, 0.2) is 36.4 Å². The van der Waals surface area contributed by atoms with Gasteiger partial charge in [0.05, 0.1) is 6.04 Å². The van der Waals surface area contributed by atoms with E-state index in [9.17, 15) is 5.11 Å². The molecule has 0 aliphatic heterocycles. The summed E-state index contributed by atoms with van der Waals surface area (Å²) in [5, 5.41) is 13.4. The van der Waals surface area contributed by atoms with Crippen LogP contribution >= 0.6 is 0 Å².